The van der Waals surface area contributed by atoms with Gasteiger partial charge in [-0.2, -0.15) is 0 Å². The van der Waals surface area contributed by atoms with Crippen LogP contribution in [0, 0.1) is 0 Å². The van der Waals surface area contributed by atoms with Crippen LogP contribution in [0.25, 0.3) is 88.0 Å². The molecule has 0 unspecified atom stereocenters. The molecular weight excluding hydrogens is 671 g/mol. The number of fused-ring (bicyclic) bond motifs is 8. The Morgan fingerprint density at radius 1 is 0.291 bits per heavy atom. The Balaban J connectivity index is 1.22. The smallest absolute Gasteiger partial charge is 0.159 e. The maximum Gasteiger partial charge on any atom is 0.159 e. The third kappa shape index (κ3) is 5.05. The SMILES string of the molecule is c1ccc(-c2ccc(-c3cccc4oc5c6ccccc6c(N(c6ccccc6-c6ccccc6)c6cccc7c6oc6ccccc67)cc5c34)cc2)cc1. The lowest BCUT2D eigenvalue weighted by atomic mass is 9.95. The van der Waals surface area contributed by atoms with Crippen molar-refractivity contribution in [3.05, 3.63) is 200 Å². The highest BCUT2D eigenvalue weighted by Crippen LogP contribution is 2.50. The summed E-state index contributed by atoms with van der Waals surface area (Å²) in [4.78, 5) is 2.39. The molecule has 0 aliphatic heterocycles. The van der Waals surface area contributed by atoms with E-state index < -0.39 is 0 Å². The number of para-hydroxylation sites is 3. The molecule has 11 rings (SSSR count). The van der Waals surface area contributed by atoms with Crippen molar-refractivity contribution in [3.8, 4) is 33.4 Å². The van der Waals surface area contributed by atoms with E-state index in [0.29, 0.717) is 0 Å². The van der Waals surface area contributed by atoms with Crippen molar-refractivity contribution < 1.29 is 8.83 Å². The van der Waals surface area contributed by atoms with E-state index in [4.69, 9.17) is 8.83 Å². The quantitative estimate of drug-likeness (QED) is 0.173. The first-order chi connectivity index (χ1) is 27.3. The molecule has 0 fully saturated rings. The van der Waals surface area contributed by atoms with Crippen molar-refractivity contribution in [3.63, 3.8) is 0 Å². The van der Waals surface area contributed by atoms with Crippen molar-refractivity contribution in [2.75, 3.05) is 4.90 Å². The van der Waals surface area contributed by atoms with Gasteiger partial charge in [0, 0.05) is 37.9 Å². The van der Waals surface area contributed by atoms with Gasteiger partial charge in [-0.15, -0.1) is 0 Å². The molecule has 0 bridgehead atoms. The van der Waals surface area contributed by atoms with Crippen LogP contribution >= 0.6 is 0 Å². The molecule has 0 aliphatic carbocycles. The van der Waals surface area contributed by atoms with E-state index in [0.717, 1.165) is 94.0 Å². The number of nitrogens with zero attached hydrogens (tertiary/aromatic N) is 1. The molecule has 2 aromatic heterocycles. The molecular formula is C52H33NO2. The van der Waals surface area contributed by atoms with Gasteiger partial charge < -0.3 is 13.7 Å². The Labute approximate surface area is 317 Å². The Kier molecular flexibility index (Phi) is 7.17. The fourth-order valence-corrected chi connectivity index (χ4v) is 8.36. The number of anilines is 3. The Bertz CT molecular complexity index is 3190. The van der Waals surface area contributed by atoms with Crippen LogP contribution in [0.5, 0.6) is 0 Å². The van der Waals surface area contributed by atoms with Gasteiger partial charge in [-0.3, -0.25) is 0 Å². The second-order valence-electron chi connectivity index (χ2n) is 14.0. The van der Waals surface area contributed by atoms with Gasteiger partial charge >= 0.3 is 0 Å². The van der Waals surface area contributed by atoms with E-state index in [-0.39, 0.29) is 0 Å². The maximum atomic E-state index is 6.83. The van der Waals surface area contributed by atoms with E-state index in [1.807, 2.05) is 12.1 Å². The molecule has 0 aliphatic rings. The number of benzene rings is 9. The van der Waals surface area contributed by atoms with Crippen LogP contribution in [0.4, 0.5) is 17.1 Å². The van der Waals surface area contributed by atoms with E-state index >= 15 is 0 Å². The molecule has 0 amide bonds. The average molecular weight is 704 g/mol. The lowest BCUT2D eigenvalue weighted by Crippen LogP contribution is -2.12. The number of furan rings is 2. The second kappa shape index (κ2) is 12.6. The molecule has 2 heterocycles. The zero-order chi connectivity index (χ0) is 36.3. The highest BCUT2D eigenvalue weighted by atomic mass is 16.3. The molecule has 0 spiro atoms. The summed E-state index contributed by atoms with van der Waals surface area (Å²) in [6, 6.07) is 70.8. The van der Waals surface area contributed by atoms with Crippen molar-refractivity contribution >= 4 is 71.7 Å². The normalized spacial score (nSPS) is 11.6. The Hall–Kier alpha value is -7.36. The average Bonchev–Trinajstić information content (AvgIpc) is 3.84. The third-order valence-corrected chi connectivity index (χ3v) is 10.9. The van der Waals surface area contributed by atoms with Crippen LogP contribution < -0.4 is 4.90 Å². The monoisotopic (exact) mass is 703 g/mol. The molecule has 0 saturated heterocycles. The summed E-state index contributed by atoms with van der Waals surface area (Å²) in [5, 5.41) is 6.46. The summed E-state index contributed by atoms with van der Waals surface area (Å²) in [6.45, 7) is 0. The highest BCUT2D eigenvalue weighted by molar-refractivity contribution is 6.23. The Morgan fingerprint density at radius 2 is 0.800 bits per heavy atom. The van der Waals surface area contributed by atoms with Crippen LogP contribution in [-0.4, -0.2) is 0 Å². The fourth-order valence-electron chi connectivity index (χ4n) is 8.36. The van der Waals surface area contributed by atoms with E-state index in [1.165, 1.54) is 11.1 Å². The first-order valence-electron chi connectivity index (χ1n) is 18.7. The molecule has 0 saturated carbocycles. The van der Waals surface area contributed by atoms with Gasteiger partial charge in [0.05, 0.1) is 17.1 Å². The maximum absolute atomic E-state index is 6.83. The Morgan fingerprint density at radius 3 is 1.62 bits per heavy atom. The summed E-state index contributed by atoms with van der Waals surface area (Å²) in [6.07, 6.45) is 0. The highest BCUT2D eigenvalue weighted by Gasteiger charge is 2.26. The van der Waals surface area contributed by atoms with Gasteiger partial charge in [0.2, 0.25) is 0 Å². The number of rotatable bonds is 6. The minimum absolute atomic E-state index is 0.840. The molecule has 0 N–H and O–H groups in total. The zero-order valence-corrected chi connectivity index (χ0v) is 29.8. The predicted octanol–water partition coefficient (Wildman–Crippen LogP) is 15.1. The van der Waals surface area contributed by atoms with Gasteiger partial charge in [0.25, 0.3) is 0 Å². The largest absolute Gasteiger partial charge is 0.455 e. The molecule has 0 radical (unpaired) electrons. The molecule has 0 atom stereocenters. The molecule has 3 nitrogen and oxygen atoms in total. The summed E-state index contributed by atoms with van der Waals surface area (Å²) in [7, 11) is 0. The first kappa shape index (κ1) is 31.2. The minimum Gasteiger partial charge on any atom is -0.455 e. The molecule has 3 heteroatoms. The molecule has 9 aromatic carbocycles. The van der Waals surface area contributed by atoms with Gasteiger partial charge in [-0.05, 0) is 58.1 Å². The molecule has 55 heavy (non-hydrogen) atoms. The van der Waals surface area contributed by atoms with Gasteiger partial charge in [0.15, 0.2) is 5.58 Å². The van der Waals surface area contributed by atoms with E-state index in [2.05, 4.69) is 193 Å². The summed E-state index contributed by atoms with van der Waals surface area (Å²) >= 11 is 0. The van der Waals surface area contributed by atoms with Crippen LogP contribution in [0.2, 0.25) is 0 Å². The number of hydrogen-bond acceptors (Lipinski definition) is 3. The third-order valence-electron chi connectivity index (χ3n) is 10.9. The lowest BCUT2D eigenvalue weighted by Gasteiger charge is -2.29. The van der Waals surface area contributed by atoms with Crippen molar-refractivity contribution in [2.45, 2.75) is 0 Å². The summed E-state index contributed by atoms with van der Waals surface area (Å²) in [5.41, 5.74) is 13.4. The van der Waals surface area contributed by atoms with Gasteiger partial charge in [-0.1, -0.05) is 170 Å². The molecule has 258 valence electrons. The fraction of sp³-hybridized carbons (Fsp3) is 0. The second-order valence-corrected chi connectivity index (χ2v) is 14.0. The zero-order valence-electron chi connectivity index (χ0n) is 29.8. The lowest BCUT2D eigenvalue weighted by molar-refractivity contribution is 0.669. The van der Waals surface area contributed by atoms with Crippen LogP contribution in [0.1, 0.15) is 0 Å². The van der Waals surface area contributed by atoms with Crippen LogP contribution in [-0.2, 0) is 0 Å². The van der Waals surface area contributed by atoms with Crippen molar-refractivity contribution in [1.82, 2.24) is 0 Å². The number of hydrogen-bond donors (Lipinski definition) is 0. The predicted molar refractivity (Wildman–Crippen MR) is 229 cm³/mol. The summed E-state index contributed by atoms with van der Waals surface area (Å²) in [5.74, 6) is 0. The van der Waals surface area contributed by atoms with E-state index in [9.17, 15) is 0 Å². The first-order valence-corrected chi connectivity index (χ1v) is 18.7. The van der Waals surface area contributed by atoms with E-state index in [1.54, 1.807) is 0 Å². The van der Waals surface area contributed by atoms with Crippen molar-refractivity contribution in [1.29, 1.82) is 0 Å². The molecule has 11 aromatic rings. The van der Waals surface area contributed by atoms with Gasteiger partial charge in [0.1, 0.15) is 16.7 Å². The van der Waals surface area contributed by atoms with Crippen molar-refractivity contribution in [2.24, 2.45) is 0 Å². The summed E-state index contributed by atoms with van der Waals surface area (Å²) < 4.78 is 13.6. The van der Waals surface area contributed by atoms with Crippen LogP contribution in [0.15, 0.2) is 209 Å². The standard InChI is InChI=1S/C52H33NO2/c1-3-15-34(16-4-1)35-29-31-37(32-30-35)39-23-14-28-49-50(39)44-33-47(40-20-7-8-22-42(40)51(44)55-49)53(45-25-11-9-19-38(45)36-17-5-2-6-18-36)46-26-13-24-43-41-21-10-12-27-48(41)54-52(43)46/h1-33H. The van der Waals surface area contributed by atoms with Gasteiger partial charge in [-0.25, -0.2) is 0 Å². The van der Waals surface area contributed by atoms with Crippen LogP contribution in [0.3, 0.4) is 0 Å². The minimum atomic E-state index is 0.840. The topological polar surface area (TPSA) is 29.5 Å².